The average Bonchev–Trinajstić information content (AvgIpc) is 2.53. The van der Waals surface area contributed by atoms with E-state index >= 15 is 0 Å². The van der Waals surface area contributed by atoms with Gasteiger partial charge in [0, 0.05) is 6.92 Å². The van der Waals surface area contributed by atoms with E-state index in [1.807, 2.05) is 32.0 Å². The van der Waals surface area contributed by atoms with E-state index in [4.69, 9.17) is 4.42 Å². The van der Waals surface area contributed by atoms with Crippen LogP contribution in [0.15, 0.2) is 27.4 Å². The smallest absolute Gasteiger partial charge is 0.412 e. The van der Waals surface area contributed by atoms with E-state index in [9.17, 15) is 9.59 Å². The summed E-state index contributed by atoms with van der Waals surface area (Å²) in [6.45, 7) is 6.93. The first-order valence-corrected chi connectivity index (χ1v) is 5.73. The summed E-state index contributed by atoms with van der Waals surface area (Å²) in [4.78, 5) is 23.5. The summed E-state index contributed by atoms with van der Waals surface area (Å²) >= 11 is 0. The molecule has 0 aliphatic carbocycles. The van der Waals surface area contributed by atoms with Crippen molar-refractivity contribution in [3.63, 3.8) is 0 Å². The highest BCUT2D eigenvalue weighted by Gasteiger charge is 2.19. The number of carbonyl (C=O) groups is 1. The predicted octanol–water partition coefficient (Wildman–Crippen LogP) is 2.56. The molecule has 0 atom stereocenters. The van der Waals surface area contributed by atoms with E-state index in [1.165, 1.54) is 11.5 Å². The topological polar surface area (TPSA) is 52.2 Å². The molecule has 18 heavy (non-hydrogen) atoms. The van der Waals surface area contributed by atoms with E-state index < -0.39 is 5.76 Å². The molecule has 0 spiro atoms. The maximum absolute atomic E-state index is 11.8. The van der Waals surface area contributed by atoms with Gasteiger partial charge in [0.25, 0.3) is 0 Å². The number of hydrogen-bond donors (Lipinski definition) is 0. The zero-order valence-electron chi connectivity index (χ0n) is 10.9. The fourth-order valence-electron chi connectivity index (χ4n) is 2.15. The largest absolute Gasteiger partial charge is 0.424 e. The Morgan fingerprint density at radius 2 is 1.89 bits per heavy atom. The van der Waals surface area contributed by atoms with Crippen LogP contribution in [0, 0.1) is 20.8 Å². The molecular weight excluding hydrogens is 230 g/mol. The molecule has 0 bridgehead atoms. The summed E-state index contributed by atoms with van der Waals surface area (Å²) in [5.41, 5.74) is 3.04. The fraction of sp³-hybridized carbons (Fsp3) is 0.286. The first-order chi connectivity index (χ1) is 8.41. The molecular formula is C14H15NO3. The molecule has 0 radical (unpaired) electrons. The maximum Gasteiger partial charge on any atom is 0.424 e. The van der Waals surface area contributed by atoms with Crippen molar-refractivity contribution < 1.29 is 9.21 Å². The van der Waals surface area contributed by atoms with Crippen molar-refractivity contribution in [3.8, 4) is 5.69 Å². The number of hydrogen-bond acceptors (Lipinski definition) is 3. The van der Waals surface area contributed by atoms with Crippen LogP contribution in [0.5, 0.6) is 0 Å². The Kier molecular flexibility index (Phi) is 2.95. The second kappa shape index (κ2) is 4.29. The van der Waals surface area contributed by atoms with Crippen molar-refractivity contribution in [2.45, 2.75) is 27.7 Å². The Labute approximate surface area is 105 Å². The molecule has 0 saturated carbocycles. The van der Waals surface area contributed by atoms with Gasteiger partial charge in [0.2, 0.25) is 0 Å². The van der Waals surface area contributed by atoms with Crippen molar-refractivity contribution in [1.82, 2.24) is 4.57 Å². The molecule has 4 heteroatoms. The number of rotatable bonds is 2. The fourth-order valence-corrected chi connectivity index (χ4v) is 2.15. The Balaban J connectivity index is 2.79. The quantitative estimate of drug-likeness (QED) is 0.764. The normalized spacial score (nSPS) is 10.7. The van der Waals surface area contributed by atoms with Crippen molar-refractivity contribution >= 4 is 5.78 Å². The summed E-state index contributed by atoms with van der Waals surface area (Å²) in [6, 6.07) is 5.70. The van der Waals surface area contributed by atoms with Crippen LogP contribution in [0.25, 0.3) is 5.69 Å². The van der Waals surface area contributed by atoms with Crippen LogP contribution >= 0.6 is 0 Å². The molecule has 0 amide bonds. The first kappa shape index (κ1) is 12.4. The van der Waals surface area contributed by atoms with Gasteiger partial charge in [0.1, 0.15) is 11.5 Å². The van der Waals surface area contributed by atoms with Crippen LogP contribution in [0.2, 0.25) is 0 Å². The van der Waals surface area contributed by atoms with Crippen LogP contribution in [0.3, 0.4) is 0 Å². The lowest BCUT2D eigenvalue weighted by Gasteiger charge is -2.08. The molecule has 2 aromatic rings. The van der Waals surface area contributed by atoms with Gasteiger partial charge >= 0.3 is 5.76 Å². The molecule has 0 fully saturated rings. The Morgan fingerprint density at radius 3 is 2.44 bits per heavy atom. The highest BCUT2D eigenvalue weighted by molar-refractivity contribution is 5.93. The van der Waals surface area contributed by atoms with E-state index in [0.717, 1.165) is 11.1 Å². The molecule has 0 aliphatic rings. The predicted molar refractivity (Wildman–Crippen MR) is 68.5 cm³/mol. The number of benzene rings is 1. The van der Waals surface area contributed by atoms with Crippen LogP contribution < -0.4 is 5.76 Å². The van der Waals surface area contributed by atoms with Crippen LogP contribution in [-0.4, -0.2) is 10.4 Å². The summed E-state index contributed by atoms with van der Waals surface area (Å²) in [5, 5.41) is 0. The minimum atomic E-state index is -0.523. The van der Waals surface area contributed by atoms with Crippen LogP contribution in [-0.2, 0) is 0 Å². The van der Waals surface area contributed by atoms with E-state index in [0.29, 0.717) is 17.1 Å². The number of nitrogens with zero attached hydrogens (tertiary/aromatic N) is 1. The lowest BCUT2D eigenvalue weighted by molar-refractivity contribution is 0.101. The first-order valence-electron chi connectivity index (χ1n) is 5.73. The molecule has 0 N–H and O–H groups in total. The number of carbonyl (C=O) groups excluding carboxylic acids is 1. The summed E-state index contributed by atoms with van der Waals surface area (Å²) in [5.74, 6) is -0.351. The number of oxazole rings is 1. The Bertz CT molecular complexity index is 677. The second-order valence-electron chi connectivity index (χ2n) is 4.45. The third-order valence-electron chi connectivity index (χ3n) is 2.91. The van der Waals surface area contributed by atoms with Gasteiger partial charge in [-0.3, -0.25) is 4.79 Å². The van der Waals surface area contributed by atoms with Crippen molar-refractivity contribution in [2.75, 3.05) is 0 Å². The van der Waals surface area contributed by atoms with Crippen molar-refractivity contribution in [1.29, 1.82) is 0 Å². The lowest BCUT2D eigenvalue weighted by atomic mass is 10.1. The molecule has 1 aromatic carbocycles. The SMILES string of the molecule is CC(=O)c1c(C)oc(=O)n1-c1ccc(C)cc1C. The van der Waals surface area contributed by atoms with E-state index in [-0.39, 0.29) is 5.78 Å². The summed E-state index contributed by atoms with van der Waals surface area (Å²) in [6.07, 6.45) is 0. The summed E-state index contributed by atoms with van der Waals surface area (Å²) in [7, 11) is 0. The van der Waals surface area contributed by atoms with Gasteiger partial charge in [-0.1, -0.05) is 17.7 Å². The van der Waals surface area contributed by atoms with Crippen molar-refractivity contribution in [3.05, 3.63) is 51.3 Å². The van der Waals surface area contributed by atoms with E-state index in [1.54, 1.807) is 6.92 Å². The average molecular weight is 245 g/mol. The van der Waals surface area contributed by atoms with E-state index in [2.05, 4.69) is 0 Å². The second-order valence-corrected chi connectivity index (χ2v) is 4.45. The molecule has 1 aromatic heterocycles. The highest BCUT2D eigenvalue weighted by Crippen LogP contribution is 2.18. The molecule has 0 aliphatic heterocycles. The van der Waals surface area contributed by atoms with Crippen molar-refractivity contribution in [2.24, 2.45) is 0 Å². The minimum absolute atomic E-state index is 0.182. The monoisotopic (exact) mass is 245 g/mol. The third-order valence-corrected chi connectivity index (χ3v) is 2.91. The molecule has 94 valence electrons. The highest BCUT2D eigenvalue weighted by atomic mass is 16.4. The molecule has 4 nitrogen and oxygen atoms in total. The molecule has 0 saturated heterocycles. The van der Waals surface area contributed by atoms with Gasteiger partial charge in [-0.15, -0.1) is 0 Å². The Hall–Kier alpha value is -2.10. The van der Waals surface area contributed by atoms with Gasteiger partial charge in [-0.05, 0) is 32.4 Å². The number of Topliss-reactive ketones (excluding diaryl/α,β-unsaturated/α-hetero) is 1. The van der Waals surface area contributed by atoms with Gasteiger partial charge in [-0.2, -0.15) is 0 Å². The standard InChI is InChI=1S/C14H15NO3/c1-8-5-6-12(9(2)7-8)15-13(10(3)16)11(4)18-14(15)17/h5-7H,1-4H3. The van der Waals surface area contributed by atoms with Gasteiger partial charge < -0.3 is 4.42 Å². The van der Waals surface area contributed by atoms with Crippen LogP contribution in [0.1, 0.15) is 34.3 Å². The van der Waals surface area contributed by atoms with Gasteiger partial charge in [-0.25, -0.2) is 9.36 Å². The zero-order chi connectivity index (χ0) is 13.4. The summed E-state index contributed by atoms with van der Waals surface area (Å²) < 4.78 is 6.37. The zero-order valence-corrected chi connectivity index (χ0v) is 10.9. The molecule has 2 rings (SSSR count). The lowest BCUT2D eigenvalue weighted by Crippen LogP contribution is -2.17. The molecule has 1 heterocycles. The van der Waals surface area contributed by atoms with Crippen LogP contribution in [0.4, 0.5) is 0 Å². The number of aromatic nitrogens is 1. The minimum Gasteiger partial charge on any atom is -0.412 e. The third kappa shape index (κ3) is 1.90. The Morgan fingerprint density at radius 1 is 1.22 bits per heavy atom. The van der Waals surface area contributed by atoms with Gasteiger partial charge in [0.15, 0.2) is 5.78 Å². The van der Waals surface area contributed by atoms with Gasteiger partial charge in [0.05, 0.1) is 5.69 Å². The number of ketones is 1. The molecule has 0 unspecified atom stereocenters. The maximum atomic E-state index is 11.8. The number of aryl methyl sites for hydroxylation is 3.